The predicted molar refractivity (Wildman–Crippen MR) is 245 cm³/mol. The van der Waals surface area contributed by atoms with Crippen LogP contribution in [-0.2, 0) is 0 Å². The number of nitrogens with zero attached hydrogens (tertiary/aromatic N) is 1. The molecule has 272 valence electrons. The second-order valence-electron chi connectivity index (χ2n) is 14.8. The van der Waals surface area contributed by atoms with Crippen molar-refractivity contribution in [3.63, 3.8) is 0 Å². The molecule has 0 fully saturated rings. The van der Waals surface area contributed by atoms with Crippen LogP contribution in [0.3, 0.4) is 0 Å². The molecule has 0 aliphatic heterocycles. The molecular formula is C54H33NO2S. The third-order valence-electron chi connectivity index (χ3n) is 11.5. The first-order chi connectivity index (χ1) is 28.8. The van der Waals surface area contributed by atoms with Crippen molar-refractivity contribution >= 4 is 92.4 Å². The maximum atomic E-state index is 6.89. The van der Waals surface area contributed by atoms with Crippen molar-refractivity contribution in [3.8, 4) is 33.4 Å². The van der Waals surface area contributed by atoms with E-state index in [1.807, 2.05) is 17.4 Å². The number of fused-ring (bicyclic) bond motifs is 9. The largest absolute Gasteiger partial charge is 0.456 e. The number of anilines is 3. The molecule has 0 unspecified atom stereocenters. The van der Waals surface area contributed by atoms with Gasteiger partial charge in [0.1, 0.15) is 22.3 Å². The zero-order chi connectivity index (χ0) is 38.2. The summed E-state index contributed by atoms with van der Waals surface area (Å²) < 4.78 is 15.9. The quantitative estimate of drug-likeness (QED) is 0.169. The number of rotatable bonds is 6. The average molecular weight is 760 g/mol. The molecule has 0 N–H and O–H groups in total. The van der Waals surface area contributed by atoms with Crippen LogP contribution in [0.2, 0.25) is 0 Å². The summed E-state index contributed by atoms with van der Waals surface area (Å²) in [5.74, 6) is 0. The molecule has 12 aromatic rings. The van der Waals surface area contributed by atoms with E-state index in [4.69, 9.17) is 8.83 Å². The molecule has 0 amide bonds. The molecule has 4 heteroatoms. The van der Waals surface area contributed by atoms with Crippen LogP contribution < -0.4 is 4.90 Å². The summed E-state index contributed by atoms with van der Waals surface area (Å²) >= 11 is 1.85. The molecule has 0 saturated carbocycles. The first-order valence-electron chi connectivity index (χ1n) is 19.6. The van der Waals surface area contributed by atoms with Crippen LogP contribution in [0.1, 0.15) is 0 Å². The van der Waals surface area contributed by atoms with E-state index in [2.05, 4.69) is 199 Å². The highest BCUT2D eigenvalue weighted by atomic mass is 32.1. The monoisotopic (exact) mass is 759 g/mol. The molecule has 0 aliphatic rings. The van der Waals surface area contributed by atoms with Gasteiger partial charge in [-0.15, -0.1) is 11.3 Å². The van der Waals surface area contributed by atoms with Crippen molar-refractivity contribution in [2.75, 3.05) is 4.90 Å². The Morgan fingerprint density at radius 1 is 0.328 bits per heavy atom. The second-order valence-corrected chi connectivity index (χ2v) is 15.9. The maximum absolute atomic E-state index is 6.89. The minimum absolute atomic E-state index is 0.844. The van der Waals surface area contributed by atoms with E-state index in [9.17, 15) is 0 Å². The molecular weight excluding hydrogens is 727 g/mol. The third kappa shape index (κ3) is 5.12. The summed E-state index contributed by atoms with van der Waals surface area (Å²) in [6.45, 7) is 0. The van der Waals surface area contributed by atoms with Crippen LogP contribution >= 0.6 is 11.3 Å². The van der Waals surface area contributed by atoms with Crippen molar-refractivity contribution in [3.05, 3.63) is 200 Å². The molecule has 3 aromatic heterocycles. The van der Waals surface area contributed by atoms with Crippen molar-refractivity contribution in [2.24, 2.45) is 0 Å². The number of thiophene rings is 1. The summed E-state index contributed by atoms with van der Waals surface area (Å²) in [5.41, 5.74) is 13.5. The van der Waals surface area contributed by atoms with Gasteiger partial charge in [0.25, 0.3) is 0 Å². The van der Waals surface area contributed by atoms with Gasteiger partial charge in [0.2, 0.25) is 0 Å². The Morgan fingerprint density at radius 2 is 0.914 bits per heavy atom. The third-order valence-corrected chi connectivity index (χ3v) is 12.6. The van der Waals surface area contributed by atoms with Gasteiger partial charge in [0, 0.05) is 36.5 Å². The fourth-order valence-electron chi connectivity index (χ4n) is 8.84. The van der Waals surface area contributed by atoms with Gasteiger partial charge in [-0.05, 0) is 82.4 Å². The summed E-state index contributed by atoms with van der Waals surface area (Å²) in [5, 5.41) is 6.69. The van der Waals surface area contributed by atoms with Gasteiger partial charge in [0.15, 0.2) is 0 Å². The molecule has 3 nitrogen and oxygen atoms in total. The first kappa shape index (κ1) is 32.8. The first-order valence-corrected chi connectivity index (χ1v) is 20.4. The molecule has 58 heavy (non-hydrogen) atoms. The van der Waals surface area contributed by atoms with Gasteiger partial charge < -0.3 is 13.7 Å². The van der Waals surface area contributed by atoms with E-state index in [0.29, 0.717) is 0 Å². The Morgan fingerprint density at radius 3 is 1.66 bits per heavy atom. The highest BCUT2D eigenvalue weighted by Crippen LogP contribution is 2.53. The number of hydrogen-bond donors (Lipinski definition) is 0. The molecule has 0 atom stereocenters. The molecule has 0 saturated heterocycles. The van der Waals surface area contributed by atoms with Crippen molar-refractivity contribution in [1.82, 2.24) is 0 Å². The number of hydrogen-bond acceptors (Lipinski definition) is 4. The lowest BCUT2D eigenvalue weighted by atomic mass is 9.97. The summed E-state index contributed by atoms with van der Waals surface area (Å²) in [4.78, 5) is 2.48. The average Bonchev–Trinajstić information content (AvgIpc) is 3.99. The fourth-order valence-corrected chi connectivity index (χ4v) is 10.0. The molecule has 0 radical (unpaired) electrons. The maximum Gasteiger partial charge on any atom is 0.145 e. The zero-order valence-corrected chi connectivity index (χ0v) is 32.0. The predicted octanol–water partition coefficient (Wildman–Crippen LogP) is 16.3. The van der Waals surface area contributed by atoms with Crippen LogP contribution in [0.4, 0.5) is 17.1 Å². The van der Waals surface area contributed by atoms with E-state index in [0.717, 1.165) is 77.6 Å². The van der Waals surface area contributed by atoms with Crippen molar-refractivity contribution in [1.29, 1.82) is 0 Å². The molecule has 9 aromatic carbocycles. The molecule has 0 spiro atoms. The number of para-hydroxylation sites is 2. The Balaban J connectivity index is 1.24. The lowest BCUT2D eigenvalue weighted by Gasteiger charge is -2.29. The lowest BCUT2D eigenvalue weighted by Crippen LogP contribution is -2.11. The lowest BCUT2D eigenvalue weighted by molar-refractivity contribution is 0.669. The standard InChI is InChI=1S/C54H33NO2S/c1-4-15-34(16-5-1)37-27-28-42-49(32-37)58-50-33-38(35-17-6-2-7-18-35)31-45(52(42)50)55(43-23-14-26-48-51(43)40-21-10-12-24-46(40)56-48)44-30-29-39(36-19-8-3-9-20-36)54-53(44)41-22-11-13-25-47(41)57-54/h1-33H. The van der Waals surface area contributed by atoms with Gasteiger partial charge >= 0.3 is 0 Å². The summed E-state index contributed by atoms with van der Waals surface area (Å²) in [6.07, 6.45) is 0. The Hall–Kier alpha value is -7.40. The molecule has 0 bridgehead atoms. The topological polar surface area (TPSA) is 29.5 Å². The van der Waals surface area contributed by atoms with E-state index in [1.54, 1.807) is 0 Å². The van der Waals surface area contributed by atoms with Crippen LogP contribution in [0.25, 0.3) is 97.4 Å². The smallest absolute Gasteiger partial charge is 0.145 e. The van der Waals surface area contributed by atoms with Crippen molar-refractivity contribution in [2.45, 2.75) is 0 Å². The highest BCUT2D eigenvalue weighted by molar-refractivity contribution is 7.26. The highest BCUT2D eigenvalue weighted by Gasteiger charge is 2.27. The fraction of sp³-hybridized carbons (Fsp3) is 0. The normalized spacial score (nSPS) is 11.8. The number of benzene rings is 9. The van der Waals surface area contributed by atoms with Crippen LogP contribution in [0.15, 0.2) is 209 Å². The minimum Gasteiger partial charge on any atom is -0.456 e. The van der Waals surface area contributed by atoms with Crippen LogP contribution in [0.5, 0.6) is 0 Å². The van der Waals surface area contributed by atoms with E-state index in [1.165, 1.54) is 36.9 Å². The Bertz CT molecular complexity index is 3510. The SMILES string of the molecule is c1ccc(-c2ccc3c(c2)sc2cc(-c4ccccc4)cc(N(c4cccc5oc6ccccc6c45)c4ccc(-c5ccccc5)c5oc6ccccc6c45)c23)cc1. The second kappa shape index (κ2) is 13.1. The van der Waals surface area contributed by atoms with Gasteiger partial charge in [-0.1, -0.05) is 146 Å². The van der Waals surface area contributed by atoms with E-state index < -0.39 is 0 Å². The Kier molecular flexibility index (Phi) is 7.40. The van der Waals surface area contributed by atoms with E-state index in [-0.39, 0.29) is 0 Å². The van der Waals surface area contributed by atoms with Crippen LogP contribution in [-0.4, -0.2) is 0 Å². The number of furan rings is 2. The molecule has 12 rings (SSSR count). The molecule has 3 heterocycles. The summed E-state index contributed by atoms with van der Waals surface area (Å²) in [7, 11) is 0. The van der Waals surface area contributed by atoms with Gasteiger partial charge in [0.05, 0.1) is 27.8 Å². The zero-order valence-electron chi connectivity index (χ0n) is 31.2. The van der Waals surface area contributed by atoms with Gasteiger partial charge in [-0.25, -0.2) is 0 Å². The van der Waals surface area contributed by atoms with Gasteiger partial charge in [-0.2, -0.15) is 0 Å². The van der Waals surface area contributed by atoms with Crippen LogP contribution in [0, 0.1) is 0 Å². The Labute approximate surface area is 338 Å². The van der Waals surface area contributed by atoms with Gasteiger partial charge in [-0.3, -0.25) is 0 Å². The van der Waals surface area contributed by atoms with Crippen molar-refractivity contribution < 1.29 is 8.83 Å². The minimum atomic E-state index is 0.844. The molecule has 0 aliphatic carbocycles. The van der Waals surface area contributed by atoms with E-state index >= 15 is 0 Å². The summed E-state index contributed by atoms with van der Waals surface area (Å²) in [6, 6.07) is 71.4.